The zero-order valence-electron chi connectivity index (χ0n) is 15.2. The Morgan fingerprint density at radius 3 is 2.29 bits per heavy atom. The maximum absolute atomic E-state index is 12.2. The lowest BCUT2D eigenvalue weighted by molar-refractivity contribution is -0.132. The van der Waals surface area contributed by atoms with Gasteiger partial charge < -0.3 is 10.2 Å². The summed E-state index contributed by atoms with van der Waals surface area (Å²) in [5.74, 6) is 0.528. The Balaban J connectivity index is 1.85. The first-order valence-electron chi connectivity index (χ1n) is 9.14. The molecule has 1 aromatic rings. The van der Waals surface area contributed by atoms with Gasteiger partial charge in [-0.25, -0.2) is 0 Å². The number of carbonyl (C=O) groups is 2. The van der Waals surface area contributed by atoms with Crippen LogP contribution in [0.2, 0.25) is 0 Å². The first-order chi connectivity index (χ1) is 11.5. The topological polar surface area (TPSA) is 49.4 Å². The highest BCUT2D eigenvalue weighted by molar-refractivity contribution is 5.91. The molecule has 1 saturated carbocycles. The molecule has 2 rings (SSSR count). The molecular weight excluding hydrogens is 300 g/mol. The summed E-state index contributed by atoms with van der Waals surface area (Å²) in [6, 6.07) is 8.29. The third-order valence-electron chi connectivity index (χ3n) is 4.86. The molecule has 2 amide bonds. The zero-order chi connectivity index (χ0) is 17.5. The third kappa shape index (κ3) is 5.36. The van der Waals surface area contributed by atoms with Crippen LogP contribution in [-0.2, 0) is 9.59 Å². The quantitative estimate of drug-likeness (QED) is 0.844. The molecule has 1 aliphatic rings. The molecule has 1 aliphatic carbocycles. The lowest BCUT2D eigenvalue weighted by Crippen LogP contribution is -2.41. The summed E-state index contributed by atoms with van der Waals surface area (Å²) in [5, 5.41) is 2.93. The number of nitrogens with one attached hydrogen (secondary N) is 1. The molecule has 0 aliphatic heterocycles. The monoisotopic (exact) mass is 330 g/mol. The van der Waals surface area contributed by atoms with Crippen molar-refractivity contribution < 1.29 is 9.59 Å². The van der Waals surface area contributed by atoms with Crippen molar-refractivity contribution in [2.45, 2.75) is 71.3 Å². The third-order valence-corrected chi connectivity index (χ3v) is 4.86. The predicted molar refractivity (Wildman–Crippen MR) is 98.0 cm³/mol. The predicted octanol–water partition coefficient (Wildman–Crippen LogP) is 4.32. The average molecular weight is 330 g/mol. The molecule has 1 N–H and O–H groups in total. The normalized spacial score (nSPS) is 15.3. The van der Waals surface area contributed by atoms with E-state index in [1.165, 1.54) is 24.8 Å². The van der Waals surface area contributed by atoms with E-state index in [9.17, 15) is 9.59 Å². The smallest absolute Gasteiger partial charge is 0.226 e. The number of anilines is 1. The Hall–Kier alpha value is -1.84. The Morgan fingerprint density at radius 1 is 1.12 bits per heavy atom. The highest BCUT2D eigenvalue weighted by Crippen LogP contribution is 2.23. The highest BCUT2D eigenvalue weighted by atomic mass is 16.2. The minimum atomic E-state index is -0.0330. The van der Waals surface area contributed by atoms with Crippen molar-refractivity contribution in [1.29, 1.82) is 0 Å². The van der Waals surface area contributed by atoms with Gasteiger partial charge in [0.25, 0.3) is 0 Å². The van der Waals surface area contributed by atoms with Crippen molar-refractivity contribution in [3.8, 4) is 0 Å². The Kier molecular flexibility index (Phi) is 6.83. The molecule has 0 bridgehead atoms. The Labute approximate surface area is 145 Å². The summed E-state index contributed by atoms with van der Waals surface area (Å²) < 4.78 is 0. The van der Waals surface area contributed by atoms with Crippen molar-refractivity contribution in [3.05, 3.63) is 29.8 Å². The second-order valence-electron chi connectivity index (χ2n) is 7.08. The minimum Gasteiger partial charge on any atom is -0.339 e. The lowest BCUT2D eigenvalue weighted by atomic mass is 9.94. The van der Waals surface area contributed by atoms with E-state index >= 15 is 0 Å². The zero-order valence-corrected chi connectivity index (χ0v) is 15.2. The van der Waals surface area contributed by atoms with Crippen LogP contribution in [0.3, 0.4) is 0 Å². The van der Waals surface area contributed by atoms with Crippen molar-refractivity contribution in [1.82, 2.24) is 4.90 Å². The van der Waals surface area contributed by atoms with E-state index in [4.69, 9.17) is 0 Å². The van der Waals surface area contributed by atoms with Gasteiger partial charge in [0.05, 0.1) is 0 Å². The lowest BCUT2D eigenvalue weighted by Gasteiger charge is -2.33. The molecule has 0 aromatic heterocycles. The van der Waals surface area contributed by atoms with Crippen LogP contribution < -0.4 is 5.32 Å². The summed E-state index contributed by atoms with van der Waals surface area (Å²) >= 11 is 0. The van der Waals surface area contributed by atoms with Crippen LogP contribution in [-0.4, -0.2) is 29.3 Å². The van der Waals surface area contributed by atoms with Gasteiger partial charge >= 0.3 is 0 Å². The van der Waals surface area contributed by atoms with E-state index in [2.05, 4.69) is 19.2 Å². The van der Waals surface area contributed by atoms with Crippen LogP contribution in [0.15, 0.2) is 24.3 Å². The fraction of sp³-hybridized carbons (Fsp3) is 0.600. The SMILES string of the molecule is CC(=O)N(CCC(=O)Nc1ccc(C(C)C)cc1)C1CCCCC1. The number of hydrogen-bond acceptors (Lipinski definition) is 2. The van der Waals surface area contributed by atoms with Crippen LogP contribution >= 0.6 is 0 Å². The average Bonchev–Trinajstić information content (AvgIpc) is 2.56. The highest BCUT2D eigenvalue weighted by Gasteiger charge is 2.23. The molecule has 0 spiro atoms. The Bertz CT molecular complexity index is 545. The second-order valence-corrected chi connectivity index (χ2v) is 7.08. The van der Waals surface area contributed by atoms with Crippen LogP contribution in [0.5, 0.6) is 0 Å². The van der Waals surface area contributed by atoms with Crippen molar-refractivity contribution >= 4 is 17.5 Å². The minimum absolute atomic E-state index is 0.0330. The van der Waals surface area contributed by atoms with Crippen LogP contribution in [0.1, 0.15) is 70.8 Å². The van der Waals surface area contributed by atoms with E-state index < -0.39 is 0 Å². The van der Waals surface area contributed by atoms with E-state index in [0.717, 1.165) is 18.5 Å². The number of carbonyl (C=O) groups excluding carboxylic acids is 2. The van der Waals surface area contributed by atoms with Gasteiger partial charge in [0.1, 0.15) is 0 Å². The number of benzene rings is 1. The first kappa shape index (κ1) is 18.5. The number of nitrogens with zero attached hydrogens (tertiary/aromatic N) is 1. The van der Waals surface area contributed by atoms with E-state index in [0.29, 0.717) is 24.9 Å². The molecule has 0 radical (unpaired) electrons. The van der Waals surface area contributed by atoms with Gasteiger partial charge in [-0.1, -0.05) is 45.2 Å². The van der Waals surface area contributed by atoms with Crippen LogP contribution in [0, 0.1) is 0 Å². The van der Waals surface area contributed by atoms with Crippen molar-refractivity contribution in [2.75, 3.05) is 11.9 Å². The number of amides is 2. The number of rotatable bonds is 6. The fourth-order valence-electron chi connectivity index (χ4n) is 3.39. The van der Waals surface area contributed by atoms with Gasteiger partial charge in [0.2, 0.25) is 11.8 Å². The summed E-state index contributed by atoms with van der Waals surface area (Å²) in [7, 11) is 0. The van der Waals surface area contributed by atoms with Gasteiger partial charge in [0, 0.05) is 31.6 Å². The molecule has 4 heteroatoms. The second kappa shape index (κ2) is 8.86. The van der Waals surface area contributed by atoms with Gasteiger partial charge in [-0.2, -0.15) is 0 Å². The van der Waals surface area contributed by atoms with Gasteiger partial charge in [-0.3, -0.25) is 9.59 Å². The van der Waals surface area contributed by atoms with Crippen molar-refractivity contribution in [2.24, 2.45) is 0 Å². The molecule has 132 valence electrons. The molecule has 4 nitrogen and oxygen atoms in total. The maximum atomic E-state index is 12.2. The summed E-state index contributed by atoms with van der Waals surface area (Å²) in [6.45, 7) is 6.41. The first-order valence-corrected chi connectivity index (χ1v) is 9.14. The van der Waals surface area contributed by atoms with Gasteiger partial charge in [0.15, 0.2) is 0 Å². The number of hydrogen-bond donors (Lipinski definition) is 1. The molecule has 0 saturated heterocycles. The molecule has 0 unspecified atom stereocenters. The molecule has 0 heterocycles. The van der Waals surface area contributed by atoms with Crippen LogP contribution in [0.25, 0.3) is 0 Å². The summed E-state index contributed by atoms with van der Waals surface area (Å²) in [5.41, 5.74) is 2.07. The molecule has 1 aromatic carbocycles. The molecule has 1 fully saturated rings. The van der Waals surface area contributed by atoms with Gasteiger partial charge in [-0.15, -0.1) is 0 Å². The summed E-state index contributed by atoms with van der Waals surface area (Å²) in [6.07, 6.45) is 6.11. The van der Waals surface area contributed by atoms with E-state index in [1.807, 2.05) is 29.2 Å². The maximum Gasteiger partial charge on any atom is 0.226 e. The van der Waals surface area contributed by atoms with Crippen LogP contribution in [0.4, 0.5) is 5.69 Å². The van der Waals surface area contributed by atoms with E-state index in [-0.39, 0.29) is 11.8 Å². The summed E-state index contributed by atoms with van der Waals surface area (Å²) in [4.78, 5) is 26.0. The Morgan fingerprint density at radius 2 is 1.75 bits per heavy atom. The molecule has 24 heavy (non-hydrogen) atoms. The standard InChI is InChI=1S/C20H30N2O2/c1-15(2)17-9-11-18(12-10-17)21-20(24)13-14-22(16(3)23)19-7-5-4-6-8-19/h9-12,15,19H,4-8,13-14H2,1-3H3,(H,21,24). The molecular formula is C20H30N2O2. The van der Waals surface area contributed by atoms with Gasteiger partial charge in [-0.05, 0) is 36.5 Å². The largest absolute Gasteiger partial charge is 0.339 e. The molecule has 0 atom stereocenters. The van der Waals surface area contributed by atoms with Crippen molar-refractivity contribution in [3.63, 3.8) is 0 Å². The fourth-order valence-corrected chi connectivity index (χ4v) is 3.39. The van der Waals surface area contributed by atoms with E-state index in [1.54, 1.807) is 6.92 Å².